The highest BCUT2D eigenvalue weighted by molar-refractivity contribution is 5.22. The predicted molar refractivity (Wildman–Crippen MR) is 76.5 cm³/mol. The highest BCUT2D eigenvalue weighted by atomic mass is 16.3. The van der Waals surface area contributed by atoms with Gasteiger partial charge >= 0.3 is 0 Å². The number of hydrogen-bond acceptors (Lipinski definition) is 3. The molecule has 0 spiro atoms. The molecule has 0 saturated carbocycles. The molecule has 1 aromatic carbocycles. The average Bonchev–Trinajstić information content (AvgIpc) is 2.39. The molecule has 0 aliphatic carbocycles. The van der Waals surface area contributed by atoms with E-state index in [0.29, 0.717) is 0 Å². The Morgan fingerprint density at radius 3 is 2.32 bits per heavy atom. The van der Waals surface area contributed by atoms with E-state index in [2.05, 4.69) is 35.1 Å². The smallest absolute Gasteiger partial charge is 0.0681 e. The van der Waals surface area contributed by atoms with Crippen molar-refractivity contribution in [3.63, 3.8) is 0 Å². The van der Waals surface area contributed by atoms with Gasteiger partial charge in [0, 0.05) is 18.8 Å². The maximum absolute atomic E-state index is 9.01. The van der Waals surface area contributed by atoms with Crippen LogP contribution in [0.25, 0.3) is 0 Å². The summed E-state index contributed by atoms with van der Waals surface area (Å²) in [7, 11) is 2.09. The second-order valence-corrected chi connectivity index (χ2v) is 4.92. The summed E-state index contributed by atoms with van der Waals surface area (Å²) in [6.07, 6.45) is 0. The molecule has 0 bridgehead atoms. The first-order chi connectivity index (χ1) is 9.17. The summed E-state index contributed by atoms with van der Waals surface area (Å²) in [6, 6.07) is 14.2. The van der Waals surface area contributed by atoms with Crippen LogP contribution in [-0.2, 0) is 19.7 Å². The Kier molecular flexibility index (Phi) is 4.66. The second-order valence-electron chi connectivity index (χ2n) is 4.92. The Labute approximate surface area is 114 Å². The van der Waals surface area contributed by atoms with E-state index in [4.69, 9.17) is 5.11 Å². The van der Waals surface area contributed by atoms with Crippen molar-refractivity contribution in [2.75, 3.05) is 7.05 Å². The highest BCUT2D eigenvalue weighted by Crippen LogP contribution is 2.09. The summed E-state index contributed by atoms with van der Waals surface area (Å²) in [4.78, 5) is 6.74. The lowest BCUT2D eigenvalue weighted by Gasteiger charge is -2.16. The molecule has 0 saturated heterocycles. The van der Waals surface area contributed by atoms with Gasteiger partial charge in [-0.25, -0.2) is 0 Å². The van der Waals surface area contributed by atoms with Gasteiger partial charge < -0.3 is 5.11 Å². The fourth-order valence-electron chi connectivity index (χ4n) is 2.08. The van der Waals surface area contributed by atoms with E-state index in [1.807, 2.05) is 31.2 Å². The minimum Gasteiger partial charge on any atom is -0.392 e. The summed E-state index contributed by atoms with van der Waals surface area (Å²) in [5, 5.41) is 9.01. The molecule has 0 fully saturated rings. The van der Waals surface area contributed by atoms with Gasteiger partial charge in [-0.05, 0) is 37.2 Å². The van der Waals surface area contributed by atoms with Gasteiger partial charge in [0.25, 0.3) is 0 Å². The van der Waals surface area contributed by atoms with Crippen molar-refractivity contribution >= 4 is 0 Å². The van der Waals surface area contributed by atoms with Gasteiger partial charge in [-0.1, -0.05) is 30.3 Å². The molecule has 0 atom stereocenters. The summed E-state index contributed by atoms with van der Waals surface area (Å²) in [6.45, 7) is 3.82. The number of aliphatic hydroxyl groups is 1. The molecule has 0 aliphatic rings. The number of aryl methyl sites for hydroxylation is 1. The molecular formula is C16H20N2O. The Morgan fingerprint density at radius 1 is 1.00 bits per heavy atom. The molecule has 0 unspecified atom stereocenters. The van der Waals surface area contributed by atoms with Crippen LogP contribution in [0.4, 0.5) is 0 Å². The van der Waals surface area contributed by atoms with E-state index in [1.165, 1.54) is 5.56 Å². The molecule has 19 heavy (non-hydrogen) atoms. The van der Waals surface area contributed by atoms with E-state index in [0.717, 1.165) is 30.0 Å². The van der Waals surface area contributed by atoms with Crippen LogP contribution in [0.3, 0.4) is 0 Å². The van der Waals surface area contributed by atoms with Gasteiger partial charge in [-0.15, -0.1) is 0 Å². The SMILES string of the molecule is Cc1cccc(CN(C)Cc2ccc(CO)cc2)n1. The number of rotatable bonds is 5. The minimum atomic E-state index is 0.101. The summed E-state index contributed by atoms with van der Waals surface area (Å²) in [5.41, 5.74) is 4.34. The van der Waals surface area contributed by atoms with Crippen molar-refractivity contribution in [3.8, 4) is 0 Å². The van der Waals surface area contributed by atoms with Crippen molar-refractivity contribution in [2.45, 2.75) is 26.6 Å². The maximum atomic E-state index is 9.01. The minimum absolute atomic E-state index is 0.101. The molecule has 0 amide bonds. The van der Waals surface area contributed by atoms with Crippen molar-refractivity contribution in [1.82, 2.24) is 9.88 Å². The summed E-state index contributed by atoms with van der Waals surface area (Å²) >= 11 is 0. The number of aliphatic hydroxyl groups excluding tert-OH is 1. The first-order valence-corrected chi connectivity index (χ1v) is 6.47. The molecule has 1 aromatic heterocycles. The van der Waals surface area contributed by atoms with E-state index < -0.39 is 0 Å². The van der Waals surface area contributed by atoms with Crippen LogP contribution in [0, 0.1) is 6.92 Å². The Hall–Kier alpha value is -1.71. The van der Waals surface area contributed by atoms with E-state index in [9.17, 15) is 0 Å². The topological polar surface area (TPSA) is 36.4 Å². The Bertz CT molecular complexity index is 523. The molecule has 1 heterocycles. The fraction of sp³-hybridized carbons (Fsp3) is 0.312. The summed E-state index contributed by atoms with van der Waals surface area (Å²) < 4.78 is 0. The number of hydrogen-bond donors (Lipinski definition) is 1. The molecule has 3 heteroatoms. The van der Waals surface area contributed by atoms with Gasteiger partial charge in [0.05, 0.1) is 12.3 Å². The third-order valence-corrected chi connectivity index (χ3v) is 3.04. The molecule has 2 rings (SSSR count). The maximum Gasteiger partial charge on any atom is 0.0681 e. The lowest BCUT2D eigenvalue weighted by Crippen LogP contribution is -2.18. The van der Waals surface area contributed by atoms with Crippen LogP contribution in [0.2, 0.25) is 0 Å². The van der Waals surface area contributed by atoms with Crippen LogP contribution in [0.5, 0.6) is 0 Å². The van der Waals surface area contributed by atoms with Crippen LogP contribution in [0.15, 0.2) is 42.5 Å². The first-order valence-electron chi connectivity index (χ1n) is 6.47. The fourth-order valence-corrected chi connectivity index (χ4v) is 2.08. The average molecular weight is 256 g/mol. The molecule has 0 radical (unpaired) electrons. The van der Waals surface area contributed by atoms with Crippen molar-refractivity contribution in [3.05, 3.63) is 65.0 Å². The van der Waals surface area contributed by atoms with Gasteiger partial charge in [0.2, 0.25) is 0 Å². The Morgan fingerprint density at radius 2 is 1.68 bits per heavy atom. The normalized spacial score (nSPS) is 10.9. The number of benzene rings is 1. The van der Waals surface area contributed by atoms with Gasteiger partial charge in [-0.3, -0.25) is 9.88 Å². The van der Waals surface area contributed by atoms with Crippen LogP contribution in [0.1, 0.15) is 22.5 Å². The number of nitrogens with zero attached hydrogens (tertiary/aromatic N) is 2. The molecule has 1 N–H and O–H groups in total. The molecule has 0 aliphatic heterocycles. The van der Waals surface area contributed by atoms with Crippen LogP contribution in [-0.4, -0.2) is 22.0 Å². The third-order valence-electron chi connectivity index (χ3n) is 3.04. The third kappa shape index (κ3) is 4.16. The second kappa shape index (κ2) is 6.45. The lowest BCUT2D eigenvalue weighted by molar-refractivity contribution is 0.281. The van der Waals surface area contributed by atoms with Crippen molar-refractivity contribution in [1.29, 1.82) is 0 Å². The van der Waals surface area contributed by atoms with Gasteiger partial charge in [0.1, 0.15) is 0 Å². The van der Waals surface area contributed by atoms with E-state index in [1.54, 1.807) is 0 Å². The van der Waals surface area contributed by atoms with Crippen LogP contribution < -0.4 is 0 Å². The van der Waals surface area contributed by atoms with Gasteiger partial charge in [-0.2, -0.15) is 0 Å². The van der Waals surface area contributed by atoms with E-state index >= 15 is 0 Å². The van der Waals surface area contributed by atoms with Crippen LogP contribution >= 0.6 is 0 Å². The van der Waals surface area contributed by atoms with Crippen molar-refractivity contribution in [2.24, 2.45) is 0 Å². The quantitative estimate of drug-likeness (QED) is 0.893. The van der Waals surface area contributed by atoms with E-state index in [-0.39, 0.29) is 6.61 Å². The number of aromatic nitrogens is 1. The van der Waals surface area contributed by atoms with Crippen molar-refractivity contribution < 1.29 is 5.11 Å². The summed E-state index contributed by atoms with van der Waals surface area (Å²) in [5.74, 6) is 0. The van der Waals surface area contributed by atoms with Gasteiger partial charge in [0.15, 0.2) is 0 Å². The highest BCUT2D eigenvalue weighted by Gasteiger charge is 2.03. The zero-order chi connectivity index (χ0) is 13.7. The molecule has 100 valence electrons. The zero-order valence-corrected chi connectivity index (χ0v) is 11.5. The Balaban J connectivity index is 1.95. The standard InChI is InChI=1S/C16H20N2O/c1-13-4-3-5-16(17-13)11-18(2)10-14-6-8-15(12-19)9-7-14/h3-9,19H,10-12H2,1-2H3. The molecule has 3 nitrogen and oxygen atoms in total. The molecule has 2 aromatic rings. The zero-order valence-electron chi connectivity index (χ0n) is 11.5. The molecular weight excluding hydrogens is 236 g/mol. The lowest BCUT2D eigenvalue weighted by atomic mass is 10.1. The monoisotopic (exact) mass is 256 g/mol. The first kappa shape index (κ1) is 13.7. The largest absolute Gasteiger partial charge is 0.392 e. The predicted octanol–water partition coefficient (Wildman–Crippen LogP) is 2.51. The number of pyridine rings is 1.